The van der Waals surface area contributed by atoms with Gasteiger partial charge in [-0.15, -0.1) is 0 Å². The number of hydrogen-bond donors (Lipinski definition) is 3. The Bertz CT molecular complexity index is 1060. The lowest BCUT2D eigenvalue weighted by Crippen LogP contribution is -2.05. The number of esters is 1. The minimum atomic E-state index is -0.601. The second-order valence-electron chi connectivity index (χ2n) is 7.14. The molecule has 0 radical (unpaired) electrons. The number of anilines is 3. The van der Waals surface area contributed by atoms with E-state index in [0.717, 1.165) is 18.5 Å². The monoisotopic (exact) mass is 423 g/mol. The number of aromatic hydroxyl groups is 1. The number of aromatic nitrogens is 1. The van der Waals surface area contributed by atoms with E-state index < -0.39 is 5.82 Å². The Hall–Kier alpha value is -3.61. The van der Waals surface area contributed by atoms with Crippen LogP contribution in [-0.4, -0.2) is 30.2 Å². The van der Waals surface area contributed by atoms with Crippen LogP contribution in [0.4, 0.5) is 21.5 Å². The number of benzene rings is 2. The van der Waals surface area contributed by atoms with E-state index in [1.54, 1.807) is 31.6 Å². The Kier molecular flexibility index (Phi) is 7.43. The number of nitrogens with one attached hydrogen (secondary N) is 2. The van der Waals surface area contributed by atoms with Crippen molar-refractivity contribution in [2.45, 2.75) is 25.7 Å². The summed E-state index contributed by atoms with van der Waals surface area (Å²) >= 11 is 0. The lowest BCUT2D eigenvalue weighted by atomic mass is 9.91. The highest BCUT2D eigenvalue weighted by Gasteiger charge is 2.10. The third-order valence-corrected chi connectivity index (χ3v) is 5.08. The predicted molar refractivity (Wildman–Crippen MR) is 120 cm³/mol. The number of carbonyl (C=O) groups is 1. The number of aryl methyl sites for hydroxylation is 2. The van der Waals surface area contributed by atoms with Gasteiger partial charge in [-0.05, 0) is 67.1 Å². The molecule has 3 N–H and O–H groups in total. The molecule has 1 aliphatic rings. The van der Waals surface area contributed by atoms with Crippen molar-refractivity contribution in [1.29, 1.82) is 0 Å². The van der Waals surface area contributed by atoms with Crippen LogP contribution in [0.1, 0.15) is 34.3 Å². The molecule has 0 amide bonds. The summed E-state index contributed by atoms with van der Waals surface area (Å²) in [5.74, 6) is -1.29. The van der Waals surface area contributed by atoms with Gasteiger partial charge >= 0.3 is 5.97 Å². The number of hydrogen-bond acceptors (Lipinski definition) is 6. The Morgan fingerprint density at radius 3 is 2.48 bits per heavy atom. The van der Waals surface area contributed by atoms with Crippen molar-refractivity contribution >= 4 is 23.0 Å². The van der Waals surface area contributed by atoms with E-state index in [-0.39, 0.29) is 11.7 Å². The second kappa shape index (κ2) is 10.4. The van der Waals surface area contributed by atoms with Crippen LogP contribution in [0.15, 0.2) is 54.9 Å². The van der Waals surface area contributed by atoms with Gasteiger partial charge in [-0.2, -0.15) is 0 Å². The minimum absolute atomic E-state index is 0.331. The summed E-state index contributed by atoms with van der Waals surface area (Å²) in [6.45, 7) is 0. The van der Waals surface area contributed by atoms with Gasteiger partial charge in [-0.25, -0.2) is 9.18 Å². The van der Waals surface area contributed by atoms with Crippen molar-refractivity contribution in [2.75, 3.05) is 24.8 Å². The largest absolute Gasteiger partial charge is 0.505 e. The third kappa shape index (κ3) is 5.72. The average molecular weight is 423 g/mol. The molecule has 0 spiro atoms. The normalized spacial score (nSPS) is 12.1. The van der Waals surface area contributed by atoms with Gasteiger partial charge in [-0.1, -0.05) is 6.07 Å². The molecule has 1 heterocycles. The molecular formula is C24H26FN3O3. The number of pyridine rings is 1. The molecule has 1 aliphatic carbocycles. The van der Waals surface area contributed by atoms with Gasteiger partial charge < -0.3 is 20.5 Å². The molecule has 0 saturated carbocycles. The fraction of sp³-hybridized carbons (Fsp3) is 0.250. The van der Waals surface area contributed by atoms with Crippen LogP contribution in [0.5, 0.6) is 5.75 Å². The van der Waals surface area contributed by atoms with Gasteiger partial charge in [-0.3, -0.25) is 4.98 Å². The van der Waals surface area contributed by atoms with E-state index in [2.05, 4.69) is 32.5 Å². The fourth-order valence-electron chi connectivity index (χ4n) is 3.45. The van der Waals surface area contributed by atoms with Crippen molar-refractivity contribution in [1.82, 2.24) is 4.98 Å². The van der Waals surface area contributed by atoms with Crippen LogP contribution < -0.4 is 10.6 Å². The molecule has 0 saturated heterocycles. The van der Waals surface area contributed by atoms with Gasteiger partial charge in [0.25, 0.3) is 0 Å². The zero-order valence-electron chi connectivity index (χ0n) is 17.6. The summed E-state index contributed by atoms with van der Waals surface area (Å²) in [5, 5.41) is 15.4. The van der Waals surface area contributed by atoms with Crippen molar-refractivity contribution in [2.24, 2.45) is 0 Å². The average Bonchev–Trinajstić information content (AvgIpc) is 2.81. The standard InChI is InChI=1S/C16H16FNO.C8H10N2O2/c17-15-8-7-14(10-16(15)19)18-13-6-5-11-3-1-2-4-12(11)9-13;1-9-7-5-10-4-3-6(7)8(11)12-2/h5-10,18-19H,1-4H2;3-5,9H,1-2H3. The number of rotatable bonds is 4. The minimum Gasteiger partial charge on any atom is -0.505 e. The predicted octanol–water partition coefficient (Wildman–Crippen LogP) is 5.06. The zero-order chi connectivity index (χ0) is 22.2. The maximum atomic E-state index is 13.0. The number of carbonyl (C=O) groups excluding carboxylic acids is 1. The zero-order valence-corrected chi connectivity index (χ0v) is 17.6. The first kappa shape index (κ1) is 22.1. The Morgan fingerprint density at radius 2 is 1.77 bits per heavy atom. The smallest absolute Gasteiger partial charge is 0.340 e. The maximum absolute atomic E-state index is 13.0. The summed E-state index contributed by atoms with van der Waals surface area (Å²) in [5.41, 5.74) is 5.65. The lowest BCUT2D eigenvalue weighted by Gasteiger charge is -2.17. The van der Waals surface area contributed by atoms with Crippen molar-refractivity contribution in [3.8, 4) is 5.75 Å². The highest BCUT2D eigenvalue weighted by atomic mass is 19.1. The van der Waals surface area contributed by atoms with Crippen LogP contribution in [0.25, 0.3) is 0 Å². The molecule has 0 unspecified atom stereocenters. The summed E-state index contributed by atoms with van der Waals surface area (Å²) in [6.07, 6.45) is 7.92. The molecule has 31 heavy (non-hydrogen) atoms. The Morgan fingerprint density at radius 1 is 1.06 bits per heavy atom. The van der Waals surface area contributed by atoms with Gasteiger partial charge in [0.2, 0.25) is 0 Å². The molecule has 2 aromatic carbocycles. The molecule has 4 rings (SSSR count). The van der Waals surface area contributed by atoms with E-state index >= 15 is 0 Å². The quantitative estimate of drug-likeness (QED) is 0.509. The first-order valence-electron chi connectivity index (χ1n) is 10.1. The summed E-state index contributed by atoms with van der Waals surface area (Å²) < 4.78 is 17.6. The first-order chi connectivity index (χ1) is 15.0. The molecule has 3 aromatic rings. The van der Waals surface area contributed by atoms with E-state index in [1.165, 1.54) is 43.2 Å². The molecule has 162 valence electrons. The van der Waals surface area contributed by atoms with Crippen LogP contribution in [0, 0.1) is 5.82 Å². The van der Waals surface area contributed by atoms with Crippen molar-refractivity contribution < 1.29 is 19.0 Å². The number of nitrogens with zero attached hydrogens (tertiary/aromatic N) is 1. The maximum Gasteiger partial charge on any atom is 0.340 e. The molecule has 6 nitrogen and oxygen atoms in total. The van der Waals surface area contributed by atoms with E-state index in [4.69, 9.17) is 0 Å². The first-order valence-corrected chi connectivity index (χ1v) is 10.1. The summed E-state index contributed by atoms with van der Waals surface area (Å²) in [7, 11) is 3.08. The molecule has 0 bridgehead atoms. The Balaban J connectivity index is 0.000000196. The number of phenolic OH excluding ortho intramolecular Hbond substituents is 1. The van der Waals surface area contributed by atoms with Gasteiger partial charge in [0.15, 0.2) is 11.6 Å². The molecule has 7 heteroatoms. The number of halogens is 1. The molecule has 0 fully saturated rings. The van der Waals surface area contributed by atoms with Crippen molar-refractivity contribution in [3.05, 3.63) is 77.4 Å². The van der Waals surface area contributed by atoms with E-state index in [1.807, 2.05) is 6.07 Å². The topological polar surface area (TPSA) is 83.5 Å². The number of phenols is 1. The number of ether oxygens (including phenoxy) is 1. The van der Waals surface area contributed by atoms with Gasteiger partial charge in [0, 0.05) is 30.7 Å². The SMILES string of the molecule is CNc1cnccc1C(=O)OC.Oc1cc(Nc2ccc3c(c2)CCCC3)ccc1F. The van der Waals surface area contributed by atoms with Gasteiger partial charge in [0.1, 0.15) is 0 Å². The Labute approximate surface area is 181 Å². The second-order valence-corrected chi connectivity index (χ2v) is 7.14. The van der Waals surface area contributed by atoms with E-state index in [9.17, 15) is 14.3 Å². The highest BCUT2D eigenvalue weighted by Crippen LogP contribution is 2.27. The van der Waals surface area contributed by atoms with Crippen LogP contribution in [0.3, 0.4) is 0 Å². The third-order valence-electron chi connectivity index (χ3n) is 5.08. The highest BCUT2D eigenvalue weighted by molar-refractivity contribution is 5.95. The van der Waals surface area contributed by atoms with Crippen molar-refractivity contribution in [3.63, 3.8) is 0 Å². The van der Waals surface area contributed by atoms with E-state index in [0.29, 0.717) is 16.9 Å². The van der Waals surface area contributed by atoms with Crippen LogP contribution in [0.2, 0.25) is 0 Å². The molecule has 0 aliphatic heterocycles. The number of fused-ring (bicyclic) bond motifs is 1. The van der Waals surface area contributed by atoms with Crippen LogP contribution in [-0.2, 0) is 17.6 Å². The molecular weight excluding hydrogens is 397 g/mol. The van der Waals surface area contributed by atoms with Crippen LogP contribution >= 0.6 is 0 Å². The molecule has 0 atom stereocenters. The fourth-order valence-corrected chi connectivity index (χ4v) is 3.45. The summed E-state index contributed by atoms with van der Waals surface area (Å²) in [4.78, 5) is 15.0. The summed E-state index contributed by atoms with van der Waals surface area (Å²) in [6, 6.07) is 12.2. The van der Waals surface area contributed by atoms with Gasteiger partial charge in [0.05, 0.1) is 24.6 Å². The lowest BCUT2D eigenvalue weighted by molar-refractivity contribution is 0.0601. The number of methoxy groups -OCH3 is 1. The molecule has 1 aromatic heterocycles.